The quantitative estimate of drug-likeness (QED) is 0.226. The SMILES string of the molecule is Cc1cc([C@H]2[C@H](c3ccccn3)NC(=S)N2CCCNc2ccccc2)c(C)n1-c1ccc2c(c1)OCO2. The number of aryl methyl sites for hydroxylation is 1. The Hall–Kier alpha value is -4.04. The van der Waals surface area contributed by atoms with E-state index in [0.717, 1.165) is 58.9 Å². The van der Waals surface area contributed by atoms with Crippen LogP contribution in [0.25, 0.3) is 5.69 Å². The minimum Gasteiger partial charge on any atom is -0.454 e. The molecule has 7 nitrogen and oxygen atoms in total. The number of rotatable bonds is 8. The summed E-state index contributed by atoms with van der Waals surface area (Å²) in [6.07, 6.45) is 2.79. The maximum atomic E-state index is 5.90. The van der Waals surface area contributed by atoms with Crippen molar-refractivity contribution in [2.45, 2.75) is 32.4 Å². The lowest BCUT2D eigenvalue weighted by atomic mass is 9.96. The van der Waals surface area contributed by atoms with Crippen molar-refractivity contribution in [3.63, 3.8) is 0 Å². The number of aromatic nitrogens is 2. The van der Waals surface area contributed by atoms with Gasteiger partial charge in [0.15, 0.2) is 16.6 Å². The van der Waals surface area contributed by atoms with Crippen molar-refractivity contribution in [3.05, 3.63) is 102 Å². The number of para-hydroxylation sites is 1. The van der Waals surface area contributed by atoms with Crippen molar-refractivity contribution in [1.82, 2.24) is 19.8 Å². The Labute approximate surface area is 228 Å². The molecule has 2 aromatic heterocycles. The van der Waals surface area contributed by atoms with Gasteiger partial charge in [0, 0.05) is 48.1 Å². The van der Waals surface area contributed by atoms with E-state index >= 15 is 0 Å². The van der Waals surface area contributed by atoms with Gasteiger partial charge in [0.25, 0.3) is 0 Å². The molecular formula is C30H31N5O2S. The van der Waals surface area contributed by atoms with Crippen LogP contribution in [0.1, 0.15) is 41.1 Å². The van der Waals surface area contributed by atoms with Gasteiger partial charge in [-0.25, -0.2) is 0 Å². The Morgan fingerprint density at radius 2 is 1.82 bits per heavy atom. The van der Waals surface area contributed by atoms with Gasteiger partial charge >= 0.3 is 0 Å². The van der Waals surface area contributed by atoms with Gasteiger partial charge in [0.05, 0.1) is 17.8 Å². The van der Waals surface area contributed by atoms with Gasteiger partial charge in [-0.3, -0.25) is 4.98 Å². The standard InChI is InChI=1S/C30H31N5O2S/c1-20-17-24(21(2)35(20)23-12-13-26-27(18-23)37-19-36-26)29-28(25-11-6-7-14-32-25)33-30(38)34(29)16-8-15-31-22-9-4-3-5-10-22/h3-7,9-14,17-18,28-29,31H,8,15-16,19H2,1-2H3,(H,33,38)/t28-,29-/m0/s1. The van der Waals surface area contributed by atoms with E-state index in [2.05, 4.69) is 64.3 Å². The molecule has 1 saturated heterocycles. The Kier molecular flexibility index (Phi) is 6.64. The number of hydrogen-bond donors (Lipinski definition) is 2. The van der Waals surface area contributed by atoms with Crippen LogP contribution in [-0.4, -0.2) is 39.4 Å². The molecule has 4 aromatic rings. The highest BCUT2D eigenvalue weighted by atomic mass is 32.1. The molecule has 0 saturated carbocycles. The number of benzene rings is 2. The highest BCUT2D eigenvalue weighted by Crippen LogP contribution is 2.42. The number of anilines is 1. The predicted molar refractivity (Wildman–Crippen MR) is 153 cm³/mol. The number of pyridine rings is 1. The molecule has 2 N–H and O–H groups in total. The second-order valence-corrected chi connectivity index (χ2v) is 10.1. The fourth-order valence-electron chi connectivity index (χ4n) is 5.53. The fraction of sp³-hybridized carbons (Fsp3) is 0.267. The first-order chi connectivity index (χ1) is 18.6. The molecule has 2 atom stereocenters. The molecule has 0 spiro atoms. The third kappa shape index (κ3) is 4.56. The lowest BCUT2D eigenvalue weighted by molar-refractivity contribution is 0.174. The maximum absolute atomic E-state index is 5.90. The van der Waals surface area contributed by atoms with Crippen LogP contribution in [0.15, 0.2) is 79.0 Å². The van der Waals surface area contributed by atoms with Gasteiger partial charge in [0.2, 0.25) is 6.79 Å². The average molecular weight is 526 g/mol. The van der Waals surface area contributed by atoms with E-state index in [4.69, 9.17) is 26.7 Å². The monoisotopic (exact) mass is 525 g/mol. The Bertz CT molecular complexity index is 1440. The molecule has 8 heteroatoms. The minimum atomic E-state index is -0.0449. The summed E-state index contributed by atoms with van der Waals surface area (Å²) < 4.78 is 13.5. The molecule has 1 fully saturated rings. The normalized spacial score (nSPS) is 18.1. The number of hydrogen-bond acceptors (Lipinski definition) is 5. The first kappa shape index (κ1) is 24.3. The van der Waals surface area contributed by atoms with Gasteiger partial charge in [0.1, 0.15) is 0 Å². The molecule has 0 unspecified atom stereocenters. The second kappa shape index (κ2) is 10.4. The predicted octanol–water partition coefficient (Wildman–Crippen LogP) is 5.69. The van der Waals surface area contributed by atoms with Gasteiger partial charge in [-0.05, 0) is 80.5 Å². The van der Waals surface area contributed by atoms with Crippen LogP contribution in [0.2, 0.25) is 0 Å². The molecular weight excluding hydrogens is 494 g/mol. The Balaban J connectivity index is 1.31. The van der Waals surface area contributed by atoms with Crippen molar-refractivity contribution < 1.29 is 9.47 Å². The molecule has 0 bridgehead atoms. The average Bonchev–Trinajstić information content (AvgIpc) is 3.62. The molecule has 2 aromatic carbocycles. The summed E-state index contributed by atoms with van der Waals surface area (Å²) >= 11 is 5.90. The zero-order valence-corrected chi connectivity index (χ0v) is 22.4. The summed E-state index contributed by atoms with van der Waals surface area (Å²) in [5, 5.41) is 7.87. The van der Waals surface area contributed by atoms with E-state index in [-0.39, 0.29) is 18.9 Å². The van der Waals surface area contributed by atoms with Crippen LogP contribution in [0.4, 0.5) is 5.69 Å². The van der Waals surface area contributed by atoms with Crippen molar-refractivity contribution in [2.75, 3.05) is 25.2 Å². The van der Waals surface area contributed by atoms with E-state index in [0.29, 0.717) is 0 Å². The van der Waals surface area contributed by atoms with Crippen molar-refractivity contribution in [1.29, 1.82) is 0 Å². The van der Waals surface area contributed by atoms with Crippen LogP contribution >= 0.6 is 12.2 Å². The van der Waals surface area contributed by atoms with Crippen LogP contribution in [-0.2, 0) is 0 Å². The van der Waals surface area contributed by atoms with Crippen LogP contribution in [0.5, 0.6) is 11.5 Å². The summed E-state index contributed by atoms with van der Waals surface area (Å²) in [5.74, 6) is 1.56. The number of nitrogens with one attached hydrogen (secondary N) is 2. The molecule has 4 heterocycles. The van der Waals surface area contributed by atoms with E-state index in [1.807, 2.05) is 48.7 Å². The van der Waals surface area contributed by atoms with E-state index in [9.17, 15) is 0 Å². The maximum Gasteiger partial charge on any atom is 0.231 e. The van der Waals surface area contributed by atoms with Crippen molar-refractivity contribution >= 4 is 23.0 Å². The number of nitrogens with zero attached hydrogens (tertiary/aromatic N) is 3. The Morgan fingerprint density at radius 1 is 1.00 bits per heavy atom. The lowest BCUT2D eigenvalue weighted by Crippen LogP contribution is -2.31. The van der Waals surface area contributed by atoms with Crippen molar-refractivity contribution in [2.24, 2.45) is 0 Å². The molecule has 0 radical (unpaired) electrons. The minimum absolute atomic E-state index is 0.0167. The van der Waals surface area contributed by atoms with E-state index in [1.165, 1.54) is 11.3 Å². The largest absolute Gasteiger partial charge is 0.454 e. The second-order valence-electron chi connectivity index (χ2n) is 9.67. The smallest absolute Gasteiger partial charge is 0.231 e. The number of thiocarbonyl (C=S) groups is 1. The summed E-state index contributed by atoms with van der Waals surface area (Å²) in [5.41, 5.74) is 6.73. The molecule has 0 aliphatic carbocycles. The summed E-state index contributed by atoms with van der Waals surface area (Å²) in [7, 11) is 0. The van der Waals surface area contributed by atoms with Crippen LogP contribution < -0.4 is 20.1 Å². The first-order valence-electron chi connectivity index (χ1n) is 13.0. The molecule has 2 aliphatic rings. The topological polar surface area (TPSA) is 63.6 Å². The van der Waals surface area contributed by atoms with Gasteiger partial charge < -0.3 is 29.6 Å². The summed E-state index contributed by atoms with van der Waals surface area (Å²) in [4.78, 5) is 7.03. The molecule has 38 heavy (non-hydrogen) atoms. The third-order valence-electron chi connectivity index (χ3n) is 7.28. The molecule has 0 amide bonds. The lowest BCUT2D eigenvalue weighted by Gasteiger charge is -2.28. The van der Waals surface area contributed by atoms with Gasteiger partial charge in [-0.1, -0.05) is 24.3 Å². The summed E-state index contributed by atoms with van der Waals surface area (Å²) in [6, 6.07) is 24.7. The van der Waals surface area contributed by atoms with E-state index < -0.39 is 0 Å². The zero-order valence-electron chi connectivity index (χ0n) is 21.6. The third-order valence-corrected chi connectivity index (χ3v) is 7.63. The Morgan fingerprint density at radius 3 is 2.63 bits per heavy atom. The number of ether oxygens (including phenoxy) is 2. The van der Waals surface area contributed by atoms with Crippen molar-refractivity contribution in [3.8, 4) is 17.2 Å². The van der Waals surface area contributed by atoms with Gasteiger partial charge in [-0.15, -0.1) is 0 Å². The molecule has 2 aliphatic heterocycles. The number of fused-ring (bicyclic) bond motifs is 1. The molecule has 6 rings (SSSR count). The first-order valence-corrected chi connectivity index (χ1v) is 13.4. The summed E-state index contributed by atoms with van der Waals surface area (Å²) in [6.45, 7) is 6.27. The van der Waals surface area contributed by atoms with Gasteiger partial charge in [-0.2, -0.15) is 0 Å². The van der Waals surface area contributed by atoms with Crippen LogP contribution in [0.3, 0.4) is 0 Å². The molecule has 194 valence electrons. The zero-order chi connectivity index (χ0) is 26.1. The fourth-order valence-corrected chi connectivity index (χ4v) is 5.86. The van der Waals surface area contributed by atoms with E-state index in [1.54, 1.807) is 0 Å². The highest BCUT2D eigenvalue weighted by Gasteiger charge is 2.41. The van der Waals surface area contributed by atoms with Crippen LogP contribution in [0, 0.1) is 13.8 Å². The highest BCUT2D eigenvalue weighted by molar-refractivity contribution is 7.80.